The van der Waals surface area contributed by atoms with E-state index in [1.54, 1.807) is 0 Å². The molecule has 20 heavy (non-hydrogen) atoms. The highest BCUT2D eigenvalue weighted by molar-refractivity contribution is 5.29. The van der Waals surface area contributed by atoms with Gasteiger partial charge in [0.05, 0.1) is 6.10 Å². The van der Waals surface area contributed by atoms with Crippen molar-refractivity contribution < 1.29 is 4.74 Å². The molecule has 1 aromatic heterocycles. The Morgan fingerprint density at radius 2 is 1.95 bits per heavy atom. The molecule has 0 saturated heterocycles. The molecule has 2 rings (SSSR count). The number of rotatable bonds is 7. The van der Waals surface area contributed by atoms with Crippen molar-refractivity contribution in [2.24, 2.45) is 0 Å². The van der Waals surface area contributed by atoms with Crippen molar-refractivity contribution in [3.63, 3.8) is 0 Å². The van der Waals surface area contributed by atoms with Crippen LogP contribution < -0.4 is 10.1 Å². The van der Waals surface area contributed by atoms with E-state index in [4.69, 9.17) is 4.74 Å². The molecule has 1 heterocycles. The second kappa shape index (κ2) is 7.05. The lowest BCUT2D eigenvalue weighted by atomic mass is 10.1. The number of H-pyrrole nitrogens is 1. The zero-order chi connectivity index (χ0) is 14.4. The summed E-state index contributed by atoms with van der Waals surface area (Å²) in [5.41, 5.74) is 1.25. The molecule has 0 spiro atoms. The van der Waals surface area contributed by atoms with Crippen molar-refractivity contribution in [2.45, 2.75) is 39.3 Å². The Morgan fingerprint density at radius 1 is 1.20 bits per heavy atom. The Hall–Kier alpha value is -1.88. The van der Waals surface area contributed by atoms with Crippen molar-refractivity contribution in [1.82, 2.24) is 20.5 Å². The van der Waals surface area contributed by atoms with Crippen LogP contribution in [0.1, 0.15) is 38.2 Å². The first-order valence-corrected chi connectivity index (χ1v) is 6.99. The average molecular weight is 274 g/mol. The summed E-state index contributed by atoms with van der Waals surface area (Å²) in [5, 5.41) is 10.2. The topological polar surface area (TPSA) is 62.8 Å². The molecule has 5 heteroatoms. The third-order valence-corrected chi connectivity index (χ3v) is 3.03. The number of nitrogens with one attached hydrogen (secondary N) is 2. The Kier molecular flexibility index (Phi) is 5.12. The van der Waals surface area contributed by atoms with Gasteiger partial charge < -0.3 is 10.1 Å². The summed E-state index contributed by atoms with van der Waals surface area (Å²) in [4.78, 5) is 4.10. The minimum atomic E-state index is 0.207. The minimum Gasteiger partial charge on any atom is -0.491 e. The lowest BCUT2D eigenvalue weighted by molar-refractivity contribution is 0.242. The zero-order valence-corrected chi connectivity index (χ0v) is 12.3. The van der Waals surface area contributed by atoms with Gasteiger partial charge in [-0.1, -0.05) is 12.1 Å². The molecule has 1 unspecified atom stereocenters. The van der Waals surface area contributed by atoms with Crippen LogP contribution >= 0.6 is 0 Å². The molecule has 0 amide bonds. The molecule has 1 aromatic carbocycles. The predicted molar refractivity (Wildman–Crippen MR) is 78.7 cm³/mol. The van der Waals surface area contributed by atoms with Crippen molar-refractivity contribution in [3.05, 3.63) is 42.0 Å². The van der Waals surface area contributed by atoms with Crippen molar-refractivity contribution >= 4 is 0 Å². The summed E-state index contributed by atoms with van der Waals surface area (Å²) in [7, 11) is 0. The molecule has 0 saturated carbocycles. The number of nitrogens with zero attached hydrogens (tertiary/aromatic N) is 2. The lowest BCUT2D eigenvalue weighted by Gasteiger charge is -2.15. The van der Waals surface area contributed by atoms with Crippen molar-refractivity contribution in [2.75, 3.05) is 6.54 Å². The van der Waals surface area contributed by atoms with Crippen LogP contribution in [0.5, 0.6) is 5.75 Å². The van der Waals surface area contributed by atoms with Crippen LogP contribution in [0.4, 0.5) is 0 Å². The molecule has 0 aliphatic heterocycles. The molecule has 0 fully saturated rings. The molecular formula is C15H22N4O. The first kappa shape index (κ1) is 14.5. The lowest BCUT2D eigenvalue weighted by Crippen LogP contribution is -2.21. The van der Waals surface area contributed by atoms with Gasteiger partial charge in [-0.05, 0) is 38.5 Å². The Morgan fingerprint density at radius 3 is 2.55 bits per heavy atom. The van der Waals surface area contributed by atoms with Gasteiger partial charge in [0.1, 0.15) is 17.9 Å². The highest BCUT2D eigenvalue weighted by Gasteiger charge is 2.06. The summed E-state index contributed by atoms with van der Waals surface area (Å²) in [6, 6.07) is 8.53. The van der Waals surface area contributed by atoms with Crippen LogP contribution in [-0.2, 0) is 6.42 Å². The van der Waals surface area contributed by atoms with Crippen LogP contribution in [0.2, 0.25) is 0 Å². The summed E-state index contributed by atoms with van der Waals surface area (Å²) in [5.74, 6) is 1.82. The second-order valence-electron chi connectivity index (χ2n) is 5.09. The molecule has 5 nitrogen and oxygen atoms in total. The van der Waals surface area contributed by atoms with Crippen LogP contribution in [0.3, 0.4) is 0 Å². The maximum absolute atomic E-state index is 5.64. The van der Waals surface area contributed by atoms with E-state index in [-0.39, 0.29) is 6.10 Å². The summed E-state index contributed by atoms with van der Waals surface area (Å²) >= 11 is 0. The van der Waals surface area contributed by atoms with E-state index in [0.717, 1.165) is 24.5 Å². The number of aromatic amines is 1. The fourth-order valence-electron chi connectivity index (χ4n) is 1.98. The van der Waals surface area contributed by atoms with Gasteiger partial charge in [0.15, 0.2) is 0 Å². The highest BCUT2D eigenvalue weighted by atomic mass is 16.5. The molecule has 1 atom stereocenters. The first-order chi connectivity index (χ1) is 9.65. The number of hydrogen-bond acceptors (Lipinski definition) is 4. The van der Waals surface area contributed by atoms with Gasteiger partial charge >= 0.3 is 0 Å². The van der Waals surface area contributed by atoms with E-state index < -0.39 is 0 Å². The van der Waals surface area contributed by atoms with Crippen molar-refractivity contribution in [3.8, 4) is 5.75 Å². The molecule has 0 aliphatic rings. The fourth-order valence-corrected chi connectivity index (χ4v) is 1.98. The van der Waals surface area contributed by atoms with E-state index in [9.17, 15) is 0 Å². The quantitative estimate of drug-likeness (QED) is 0.814. The standard InChI is InChI=1S/C15H22N4O/c1-11(2)20-14-6-4-13(5-7-14)12(3)16-9-8-15-17-10-18-19-15/h4-7,10-12,16H,8-9H2,1-3H3,(H,17,18,19). The van der Waals surface area contributed by atoms with E-state index in [1.807, 2.05) is 26.0 Å². The number of aromatic nitrogens is 3. The number of benzene rings is 1. The van der Waals surface area contributed by atoms with E-state index in [0.29, 0.717) is 6.04 Å². The van der Waals surface area contributed by atoms with Crippen LogP contribution in [0, 0.1) is 0 Å². The predicted octanol–water partition coefficient (Wildman–Crippen LogP) is 2.49. The van der Waals surface area contributed by atoms with Gasteiger partial charge in [0.25, 0.3) is 0 Å². The van der Waals surface area contributed by atoms with Gasteiger partial charge in [-0.3, -0.25) is 5.10 Å². The molecule has 0 radical (unpaired) electrons. The molecule has 0 aliphatic carbocycles. The fraction of sp³-hybridized carbons (Fsp3) is 0.467. The second-order valence-corrected chi connectivity index (χ2v) is 5.09. The van der Waals surface area contributed by atoms with Gasteiger partial charge in [0.2, 0.25) is 0 Å². The van der Waals surface area contributed by atoms with Crippen LogP contribution in [-0.4, -0.2) is 27.8 Å². The highest BCUT2D eigenvalue weighted by Crippen LogP contribution is 2.18. The van der Waals surface area contributed by atoms with Gasteiger partial charge in [0, 0.05) is 19.0 Å². The third kappa shape index (κ3) is 4.35. The molecule has 108 valence electrons. The molecule has 2 N–H and O–H groups in total. The smallest absolute Gasteiger partial charge is 0.137 e. The number of ether oxygens (including phenoxy) is 1. The summed E-state index contributed by atoms with van der Waals surface area (Å²) in [6.45, 7) is 7.07. The molecule has 2 aromatic rings. The van der Waals surface area contributed by atoms with Crippen molar-refractivity contribution in [1.29, 1.82) is 0 Å². The maximum atomic E-state index is 5.64. The SMILES string of the molecule is CC(C)Oc1ccc(C(C)NCCc2ncn[nH]2)cc1. The largest absolute Gasteiger partial charge is 0.491 e. The monoisotopic (exact) mass is 274 g/mol. The van der Waals surface area contributed by atoms with Crippen LogP contribution in [0.15, 0.2) is 30.6 Å². The Balaban J connectivity index is 1.81. The Labute approximate surface area is 119 Å². The number of hydrogen-bond donors (Lipinski definition) is 2. The average Bonchev–Trinajstić information content (AvgIpc) is 2.92. The van der Waals surface area contributed by atoms with E-state index in [2.05, 4.69) is 39.6 Å². The summed E-state index contributed by atoms with van der Waals surface area (Å²) in [6.07, 6.45) is 2.59. The molecule has 0 bridgehead atoms. The summed E-state index contributed by atoms with van der Waals surface area (Å²) < 4.78 is 5.64. The first-order valence-electron chi connectivity index (χ1n) is 6.99. The normalized spacial score (nSPS) is 12.6. The minimum absolute atomic E-state index is 0.207. The zero-order valence-electron chi connectivity index (χ0n) is 12.3. The Bertz CT molecular complexity index is 493. The van der Waals surface area contributed by atoms with Crippen LogP contribution in [0.25, 0.3) is 0 Å². The van der Waals surface area contributed by atoms with Gasteiger partial charge in [-0.25, -0.2) is 4.98 Å². The maximum Gasteiger partial charge on any atom is 0.137 e. The van der Waals surface area contributed by atoms with Gasteiger partial charge in [-0.15, -0.1) is 0 Å². The van der Waals surface area contributed by atoms with Gasteiger partial charge in [-0.2, -0.15) is 5.10 Å². The molecular weight excluding hydrogens is 252 g/mol. The van der Waals surface area contributed by atoms with E-state index >= 15 is 0 Å². The third-order valence-electron chi connectivity index (χ3n) is 3.03. The van der Waals surface area contributed by atoms with E-state index in [1.165, 1.54) is 11.9 Å².